The van der Waals surface area contributed by atoms with Crippen molar-refractivity contribution in [3.8, 4) is 11.1 Å². The molecule has 148 valence electrons. The Labute approximate surface area is 167 Å². The van der Waals surface area contributed by atoms with Gasteiger partial charge in [-0.2, -0.15) is 4.39 Å². The molecule has 2 atom stereocenters. The molecule has 1 saturated heterocycles. The van der Waals surface area contributed by atoms with Crippen molar-refractivity contribution in [2.75, 3.05) is 13.1 Å². The lowest BCUT2D eigenvalue weighted by Gasteiger charge is -2.18. The maximum absolute atomic E-state index is 14.0. The molecule has 1 fully saturated rings. The lowest BCUT2D eigenvalue weighted by atomic mass is 9.95. The molecule has 29 heavy (non-hydrogen) atoms. The van der Waals surface area contributed by atoms with Crippen LogP contribution in [0.25, 0.3) is 11.1 Å². The van der Waals surface area contributed by atoms with E-state index in [1.54, 1.807) is 36.4 Å². The van der Waals surface area contributed by atoms with Crippen molar-refractivity contribution < 1.29 is 17.2 Å². The maximum Gasteiger partial charge on any atom is 0.212 e. The van der Waals surface area contributed by atoms with Crippen LogP contribution in [-0.2, 0) is 16.4 Å². The first kappa shape index (κ1) is 18.4. The number of halogens is 2. The van der Waals surface area contributed by atoms with Gasteiger partial charge in [-0.1, -0.05) is 24.3 Å². The molecule has 1 aromatic heterocycles. The van der Waals surface area contributed by atoms with Gasteiger partial charge in [-0.15, -0.1) is 0 Å². The number of benzene rings is 2. The average molecular weight is 412 g/mol. The van der Waals surface area contributed by atoms with Crippen LogP contribution in [0.15, 0.2) is 65.7 Å². The smallest absolute Gasteiger partial charge is 0.212 e. The van der Waals surface area contributed by atoms with Crippen LogP contribution in [0.1, 0.15) is 17.0 Å². The lowest BCUT2D eigenvalue weighted by Crippen LogP contribution is -2.26. The third-order valence-corrected chi connectivity index (χ3v) is 8.13. The summed E-state index contributed by atoms with van der Waals surface area (Å²) in [5, 5.41) is -0.522. The van der Waals surface area contributed by atoms with Gasteiger partial charge >= 0.3 is 0 Å². The second-order valence-electron chi connectivity index (χ2n) is 7.60. The Kier molecular flexibility index (Phi) is 4.26. The van der Waals surface area contributed by atoms with Crippen molar-refractivity contribution in [1.29, 1.82) is 0 Å². The number of nitrogens with zero attached hydrogens (tertiary/aromatic N) is 2. The molecule has 0 spiro atoms. The van der Waals surface area contributed by atoms with Gasteiger partial charge < -0.3 is 0 Å². The fraction of sp³-hybridized carbons (Fsp3) is 0.227. The van der Waals surface area contributed by atoms with E-state index < -0.39 is 21.0 Å². The maximum atomic E-state index is 14.0. The fourth-order valence-corrected chi connectivity index (χ4v) is 6.64. The SMILES string of the molecule is O=S1(=O)c2ccc(-c3ccc(F)nc3)cc2[C@H]2CN(Cc3ccccc3F)C[C@@H]21. The average Bonchev–Trinajstić information content (AvgIpc) is 3.22. The third kappa shape index (κ3) is 3.05. The molecule has 0 unspecified atom stereocenters. The summed E-state index contributed by atoms with van der Waals surface area (Å²) < 4.78 is 53.3. The number of hydrogen-bond acceptors (Lipinski definition) is 4. The number of rotatable bonds is 3. The number of fused-ring (bicyclic) bond motifs is 3. The molecule has 2 aliphatic rings. The van der Waals surface area contributed by atoms with Crippen molar-refractivity contribution in [3.63, 3.8) is 0 Å². The first-order valence-electron chi connectivity index (χ1n) is 9.39. The highest BCUT2D eigenvalue weighted by Crippen LogP contribution is 2.46. The Balaban J connectivity index is 1.48. The standard InChI is InChI=1S/C22H18F2N2O2S/c23-19-4-2-1-3-16(19)11-26-12-18-17-9-14(15-6-8-22(24)25-10-15)5-7-20(17)29(27,28)21(18)13-26/h1-10,18,21H,11-13H2/t18-,21+/m1/s1. The summed E-state index contributed by atoms with van der Waals surface area (Å²) in [5.41, 5.74) is 2.89. The molecule has 3 heterocycles. The normalized spacial score (nSPS) is 22.4. The van der Waals surface area contributed by atoms with Gasteiger partial charge in [-0.3, -0.25) is 4.90 Å². The van der Waals surface area contributed by atoms with Gasteiger partial charge in [0.05, 0.1) is 10.1 Å². The summed E-state index contributed by atoms with van der Waals surface area (Å²) in [6.07, 6.45) is 1.44. The molecule has 0 amide bonds. The minimum Gasteiger partial charge on any atom is -0.297 e. The molecule has 0 saturated carbocycles. The number of likely N-dealkylation sites (tertiary alicyclic amines) is 1. The second-order valence-corrected chi connectivity index (χ2v) is 9.73. The minimum absolute atomic E-state index is 0.157. The van der Waals surface area contributed by atoms with Gasteiger partial charge in [0, 0.05) is 42.9 Å². The van der Waals surface area contributed by atoms with Crippen molar-refractivity contribution in [1.82, 2.24) is 9.88 Å². The van der Waals surface area contributed by atoms with Crippen LogP contribution in [0.5, 0.6) is 0 Å². The van der Waals surface area contributed by atoms with Gasteiger partial charge in [0.15, 0.2) is 9.84 Å². The summed E-state index contributed by atoms with van der Waals surface area (Å²) in [7, 11) is -3.44. The zero-order chi connectivity index (χ0) is 20.2. The van der Waals surface area contributed by atoms with Crippen LogP contribution >= 0.6 is 0 Å². The Morgan fingerprint density at radius 3 is 2.55 bits per heavy atom. The molecule has 2 aliphatic heterocycles. The Bertz CT molecular complexity index is 1200. The van der Waals surface area contributed by atoms with E-state index in [9.17, 15) is 17.2 Å². The van der Waals surface area contributed by atoms with E-state index in [0.29, 0.717) is 30.1 Å². The summed E-state index contributed by atoms with van der Waals surface area (Å²) in [4.78, 5) is 6.06. The predicted octanol–water partition coefficient (Wildman–Crippen LogP) is 3.78. The lowest BCUT2D eigenvalue weighted by molar-refractivity contribution is 0.320. The minimum atomic E-state index is -3.44. The van der Waals surface area contributed by atoms with Crippen molar-refractivity contribution in [3.05, 3.63) is 83.7 Å². The molecule has 7 heteroatoms. The molecule has 3 aromatic rings. The van der Waals surface area contributed by atoms with E-state index in [-0.39, 0.29) is 11.7 Å². The number of pyridine rings is 1. The Morgan fingerprint density at radius 1 is 1.00 bits per heavy atom. The van der Waals surface area contributed by atoms with E-state index in [2.05, 4.69) is 4.98 Å². The molecular weight excluding hydrogens is 394 g/mol. The zero-order valence-corrected chi connectivity index (χ0v) is 16.2. The van der Waals surface area contributed by atoms with Gasteiger partial charge in [0.1, 0.15) is 5.82 Å². The molecule has 0 N–H and O–H groups in total. The van der Waals surface area contributed by atoms with Crippen LogP contribution in [0.4, 0.5) is 8.78 Å². The van der Waals surface area contributed by atoms with Crippen molar-refractivity contribution >= 4 is 9.84 Å². The van der Waals surface area contributed by atoms with Gasteiger partial charge in [0.2, 0.25) is 5.95 Å². The monoisotopic (exact) mass is 412 g/mol. The third-order valence-electron chi connectivity index (χ3n) is 5.87. The predicted molar refractivity (Wildman–Crippen MR) is 105 cm³/mol. The summed E-state index contributed by atoms with van der Waals surface area (Å²) in [6, 6.07) is 14.7. The van der Waals surface area contributed by atoms with E-state index in [4.69, 9.17) is 0 Å². The largest absolute Gasteiger partial charge is 0.297 e. The second kappa shape index (κ2) is 6.71. The van der Waals surface area contributed by atoms with Crippen LogP contribution in [-0.4, -0.2) is 36.6 Å². The molecule has 0 bridgehead atoms. The Morgan fingerprint density at radius 2 is 1.79 bits per heavy atom. The van der Waals surface area contributed by atoms with Crippen LogP contribution in [0.2, 0.25) is 0 Å². The topological polar surface area (TPSA) is 50.3 Å². The molecule has 2 aromatic carbocycles. The van der Waals surface area contributed by atoms with Crippen molar-refractivity contribution in [2.45, 2.75) is 22.6 Å². The van der Waals surface area contributed by atoms with Gasteiger partial charge in [-0.25, -0.2) is 17.8 Å². The van der Waals surface area contributed by atoms with E-state index in [0.717, 1.165) is 16.7 Å². The highest BCUT2D eigenvalue weighted by Gasteiger charge is 2.50. The summed E-state index contributed by atoms with van der Waals surface area (Å²) in [6.45, 7) is 1.31. The van der Waals surface area contributed by atoms with E-state index in [1.165, 1.54) is 18.3 Å². The number of hydrogen-bond donors (Lipinski definition) is 0. The first-order valence-corrected chi connectivity index (χ1v) is 10.9. The van der Waals surface area contributed by atoms with Gasteiger partial charge in [-0.05, 0) is 41.5 Å². The van der Waals surface area contributed by atoms with Gasteiger partial charge in [0.25, 0.3) is 0 Å². The summed E-state index contributed by atoms with van der Waals surface area (Å²) >= 11 is 0. The molecule has 0 radical (unpaired) electrons. The number of aromatic nitrogens is 1. The highest BCUT2D eigenvalue weighted by atomic mass is 32.2. The fourth-order valence-electron chi connectivity index (χ4n) is 4.45. The number of sulfone groups is 1. The van der Waals surface area contributed by atoms with Crippen LogP contribution < -0.4 is 0 Å². The van der Waals surface area contributed by atoms with Crippen molar-refractivity contribution in [2.24, 2.45) is 0 Å². The first-order chi connectivity index (χ1) is 13.9. The van der Waals surface area contributed by atoms with Crippen LogP contribution in [0.3, 0.4) is 0 Å². The molecule has 0 aliphatic carbocycles. The quantitative estimate of drug-likeness (QED) is 0.615. The Hall–Kier alpha value is -2.64. The van der Waals surface area contributed by atoms with E-state index >= 15 is 0 Å². The molecule has 5 rings (SSSR count). The highest BCUT2D eigenvalue weighted by molar-refractivity contribution is 7.92. The molecular formula is C22H18F2N2O2S. The van der Waals surface area contributed by atoms with E-state index in [1.807, 2.05) is 11.0 Å². The van der Waals surface area contributed by atoms with Crippen LogP contribution in [0, 0.1) is 11.8 Å². The molecule has 4 nitrogen and oxygen atoms in total. The summed E-state index contributed by atoms with van der Waals surface area (Å²) in [5.74, 6) is -0.994. The zero-order valence-electron chi connectivity index (χ0n) is 15.4.